The summed E-state index contributed by atoms with van der Waals surface area (Å²) in [7, 11) is 0. The lowest BCUT2D eigenvalue weighted by molar-refractivity contribution is 0.0215. The van der Waals surface area contributed by atoms with Crippen molar-refractivity contribution in [2.45, 2.75) is 18.6 Å². The second-order valence-electron chi connectivity index (χ2n) is 3.26. The lowest BCUT2D eigenvalue weighted by Crippen LogP contribution is -2.17. The number of benzene rings is 1. The molecule has 0 saturated carbocycles. The summed E-state index contributed by atoms with van der Waals surface area (Å²) >= 11 is 0. The van der Waals surface area contributed by atoms with Gasteiger partial charge in [0.05, 0.1) is 24.2 Å². The van der Waals surface area contributed by atoms with E-state index in [-0.39, 0.29) is 23.3 Å². The molecule has 0 radical (unpaired) electrons. The first kappa shape index (κ1) is 12.0. The van der Waals surface area contributed by atoms with Crippen LogP contribution in [0, 0.1) is 22.7 Å². The summed E-state index contributed by atoms with van der Waals surface area (Å²) in [5.41, 5.74) is 0.352. The summed E-state index contributed by atoms with van der Waals surface area (Å²) in [6, 6.07) is 7.46. The molecule has 2 unspecified atom stereocenters. The molecule has 0 aliphatic rings. The molecule has 5 heteroatoms. The summed E-state index contributed by atoms with van der Waals surface area (Å²) in [4.78, 5) is 0. The Morgan fingerprint density at radius 2 is 1.94 bits per heavy atom. The Hall–Kier alpha value is -2.08. The fraction of sp³-hybridized carbons (Fsp3) is 0.273. The minimum absolute atomic E-state index is 0.0886. The van der Waals surface area contributed by atoms with Crippen LogP contribution in [0.5, 0.6) is 5.75 Å². The molecule has 2 atom stereocenters. The van der Waals surface area contributed by atoms with Gasteiger partial charge in [0, 0.05) is 0 Å². The average Bonchev–Trinajstić information content (AvgIpc) is 2.28. The molecule has 0 aliphatic heterocycles. The van der Waals surface area contributed by atoms with Gasteiger partial charge in [-0.25, -0.2) is 0 Å². The van der Waals surface area contributed by atoms with E-state index in [2.05, 4.69) is 0 Å². The number of nitrogens with zero attached hydrogens (tertiary/aromatic N) is 2. The van der Waals surface area contributed by atoms with E-state index in [0.717, 1.165) is 0 Å². The first-order chi connectivity index (χ1) is 7.60. The van der Waals surface area contributed by atoms with Gasteiger partial charge in [-0.2, -0.15) is 10.5 Å². The minimum Gasteiger partial charge on any atom is -0.507 e. The molecular formula is C11H10N2O3. The third kappa shape index (κ3) is 2.48. The van der Waals surface area contributed by atoms with Crippen molar-refractivity contribution in [3.63, 3.8) is 0 Å². The summed E-state index contributed by atoms with van der Waals surface area (Å²) in [5, 5.41) is 45.3. The predicted octanol–water partition coefficient (Wildman–Crippen LogP) is 0.572. The molecule has 3 N–H and O–H groups in total. The van der Waals surface area contributed by atoms with E-state index in [1.165, 1.54) is 18.2 Å². The molecule has 82 valence electrons. The molecule has 1 aromatic carbocycles. The van der Waals surface area contributed by atoms with Gasteiger partial charge in [-0.15, -0.1) is 0 Å². The third-order valence-corrected chi connectivity index (χ3v) is 2.15. The van der Waals surface area contributed by atoms with Gasteiger partial charge in [-0.1, -0.05) is 6.07 Å². The molecular weight excluding hydrogens is 208 g/mol. The highest BCUT2D eigenvalue weighted by Gasteiger charge is 2.18. The van der Waals surface area contributed by atoms with Crippen molar-refractivity contribution >= 4 is 0 Å². The number of nitriles is 2. The Kier molecular flexibility index (Phi) is 3.84. The molecule has 1 rings (SSSR count). The van der Waals surface area contributed by atoms with Crippen molar-refractivity contribution < 1.29 is 15.3 Å². The van der Waals surface area contributed by atoms with Crippen molar-refractivity contribution in [3.8, 4) is 17.9 Å². The number of aromatic hydroxyl groups is 1. The van der Waals surface area contributed by atoms with Gasteiger partial charge >= 0.3 is 0 Å². The highest BCUT2D eigenvalue weighted by atomic mass is 16.3. The van der Waals surface area contributed by atoms with Crippen LogP contribution >= 0.6 is 0 Å². The Morgan fingerprint density at radius 3 is 2.44 bits per heavy atom. The van der Waals surface area contributed by atoms with E-state index in [1.54, 1.807) is 12.1 Å². The number of phenols is 1. The number of rotatable bonds is 3. The number of aliphatic hydroxyl groups excluding tert-OH is 2. The van der Waals surface area contributed by atoms with Crippen LogP contribution in [0.15, 0.2) is 18.2 Å². The van der Waals surface area contributed by atoms with Gasteiger partial charge in [0.1, 0.15) is 17.9 Å². The molecule has 0 heterocycles. The second kappa shape index (κ2) is 5.13. The summed E-state index contributed by atoms with van der Waals surface area (Å²) in [5.74, 6) is -0.261. The van der Waals surface area contributed by atoms with Gasteiger partial charge in [0.15, 0.2) is 0 Å². The number of aliphatic hydroxyl groups is 2. The number of hydrogen-bond donors (Lipinski definition) is 3. The summed E-state index contributed by atoms with van der Waals surface area (Å²) in [6.45, 7) is 0. The zero-order valence-electron chi connectivity index (χ0n) is 8.33. The van der Waals surface area contributed by atoms with Gasteiger partial charge in [-0.3, -0.25) is 0 Å². The fourth-order valence-corrected chi connectivity index (χ4v) is 1.25. The Bertz CT molecular complexity index is 459. The number of phenolic OH excluding ortho intramolecular Hbond substituents is 1. The number of hydrogen-bond acceptors (Lipinski definition) is 5. The quantitative estimate of drug-likeness (QED) is 0.687. The maximum atomic E-state index is 9.61. The maximum Gasteiger partial charge on any atom is 0.133 e. The third-order valence-electron chi connectivity index (χ3n) is 2.15. The van der Waals surface area contributed by atoms with Crippen molar-refractivity contribution in [2.24, 2.45) is 0 Å². The first-order valence-corrected chi connectivity index (χ1v) is 4.56. The van der Waals surface area contributed by atoms with Crippen molar-refractivity contribution in [3.05, 3.63) is 29.3 Å². The van der Waals surface area contributed by atoms with E-state index >= 15 is 0 Å². The lowest BCUT2D eigenvalue weighted by Gasteiger charge is -2.15. The van der Waals surface area contributed by atoms with Crippen LogP contribution in [0.25, 0.3) is 0 Å². The van der Waals surface area contributed by atoms with Crippen molar-refractivity contribution in [1.29, 1.82) is 10.5 Å². The Morgan fingerprint density at radius 1 is 1.25 bits per heavy atom. The molecule has 0 spiro atoms. The highest BCUT2D eigenvalue weighted by molar-refractivity contribution is 5.44. The SMILES string of the molecule is N#CCC(O)C(O)c1ccc(C#N)c(O)c1. The van der Waals surface area contributed by atoms with Gasteiger partial charge < -0.3 is 15.3 Å². The van der Waals surface area contributed by atoms with E-state index in [9.17, 15) is 15.3 Å². The molecule has 0 aromatic heterocycles. The van der Waals surface area contributed by atoms with Gasteiger partial charge in [0.2, 0.25) is 0 Å². The zero-order valence-corrected chi connectivity index (χ0v) is 8.33. The smallest absolute Gasteiger partial charge is 0.133 e. The van der Waals surface area contributed by atoms with Crippen LogP contribution in [-0.4, -0.2) is 21.4 Å². The molecule has 0 amide bonds. The molecule has 16 heavy (non-hydrogen) atoms. The van der Waals surface area contributed by atoms with E-state index in [4.69, 9.17) is 10.5 Å². The Labute approximate surface area is 92.4 Å². The van der Waals surface area contributed by atoms with Crippen molar-refractivity contribution in [2.75, 3.05) is 0 Å². The van der Waals surface area contributed by atoms with E-state index in [0.29, 0.717) is 0 Å². The molecule has 0 aliphatic carbocycles. The molecule has 5 nitrogen and oxygen atoms in total. The van der Waals surface area contributed by atoms with E-state index in [1.807, 2.05) is 0 Å². The fourth-order valence-electron chi connectivity index (χ4n) is 1.25. The van der Waals surface area contributed by atoms with Gasteiger partial charge in [0.25, 0.3) is 0 Å². The minimum atomic E-state index is -1.25. The van der Waals surface area contributed by atoms with Crippen LogP contribution in [0.2, 0.25) is 0 Å². The van der Waals surface area contributed by atoms with Crippen LogP contribution in [0.1, 0.15) is 23.7 Å². The topological polar surface area (TPSA) is 108 Å². The average molecular weight is 218 g/mol. The summed E-state index contributed by atoms with van der Waals surface area (Å²) < 4.78 is 0. The molecule has 0 saturated heterocycles. The van der Waals surface area contributed by atoms with Crippen LogP contribution in [0.4, 0.5) is 0 Å². The molecule has 0 bridgehead atoms. The van der Waals surface area contributed by atoms with Crippen LogP contribution in [0.3, 0.4) is 0 Å². The standard InChI is InChI=1S/C11H10N2O3/c12-4-3-9(14)11(16)7-1-2-8(6-13)10(15)5-7/h1-2,5,9,11,14-16H,3H2. The zero-order chi connectivity index (χ0) is 12.1. The maximum absolute atomic E-state index is 9.61. The summed E-state index contributed by atoms with van der Waals surface area (Å²) in [6.07, 6.45) is -2.67. The Balaban J connectivity index is 2.94. The van der Waals surface area contributed by atoms with E-state index < -0.39 is 12.2 Å². The second-order valence-corrected chi connectivity index (χ2v) is 3.26. The molecule has 0 fully saturated rings. The lowest BCUT2D eigenvalue weighted by atomic mass is 10.0. The highest BCUT2D eigenvalue weighted by Crippen LogP contribution is 2.24. The van der Waals surface area contributed by atoms with Gasteiger partial charge in [-0.05, 0) is 17.7 Å². The first-order valence-electron chi connectivity index (χ1n) is 4.56. The van der Waals surface area contributed by atoms with Crippen LogP contribution < -0.4 is 0 Å². The predicted molar refractivity (Wildman–Crippen MR) is 54.0 cm³/mol. The normalized spacial score (nSPS) is 13.5. The monoisotopic (exact) mass is 218 g/mol. The van der Waals surface area contributed by atoms with Crippen molar-refractivity contribution in [1.82, 2.24) is 0 Å². The van der Waals surface area contributed by atoms with Crippen LogP contribution in [-0.2, 0) is 0 Å². The molecule has 1 aromatic rings. The largest absolute Gasteiger partial charge is 0.507 e.